The van der Waals surface area contributed by atoms with Gasteiger partial charge in [-0.05, 0) is 5.56 Å². The van der Waals surface area contributed by atoms with Crippen molar-refractivity contribution in [2.75, 3.05) is 19.0 Å². The lowest BCUT2D eigenvalue weighted by molar-refractivity contribution is 0.0673. The molecule has 1 aliphatic heterocycles. The quantitative estimate of drug-likeness (QED) is 0.681. The van der Waals surface area contributed by atoms with Gasteiger partial charge < -0.3 is 14.4 Å². The van der Waals surface area contributed by atoms with Crippen molar-refractivity contribution < 1.29 is 14.3 Å². The number of thiol groups is 1. The van der Waals surface area contributed by atoms with Gasteiger partial charge in [0, 0.05) is 12.5 Å². The van der Waals surface area contributed by atoms with Crippen LogP contribution in [0.4, 0.5) is 4.79 Å². The molecule has 1 amide bonds. The fraction of sp³-hybridized carbons (Fsp3) is 0.500. The van der Waals surface area contributed by atoms with Crippen LogP contribution in [-0.4, -0.2) is 36.1 Å². The Bertz CT molecular complexity index is 412. The molecule has 0 unspecified atom stereocenters. The van der Waals surface area contributed by atoms with Gasteiger partial charge in [-0.3, -0.25) is 0 Å². The van der Waals surface area contributed by atoms with Crippen LogP contribution in [0.2, 0.25) is 0 Å². The van der Waals surface area contributed by atoms with E-state index in [1.807, 2.05) is 30.3 Å². The van der Waals surface area contributed by atoms with Gasteiger partial charge in [0.05, 0.1) is 18.6 Å². The predicted molar refractivity (Wildman–Crippen MR) is 76.1 cm³/mol. The van der Waals surface area contributed by atoms with Gasteiger partial charge >= 0.3 is 6.09 Å². The Morgan fingerprint density at radius 1 is 1.37 bits per heavy atom. The van der Waals surface area contributed by atoms with Gasteiger partial charge in [-0.2, -0.15) is 12.6 Å². The smallest absolute Gasteiger partial charge is 0.410 e. The highest BCUT2D eigenvalue weighted by Crippen LogP contribution is 2.20. The molecule has 0 aromatic heterocycles. The van der Waals surface area contributed by atoms with Gasteiger partial charge in [0.15, 0.2) is 0 Å². The number of nitrogens with zero attached hydrogens (tertiary/aromatic N) is 1. The largest absolute Gasteiger partial charge is 0.445 e. The maximum Gasteiger partial charge on any atom is 0.410 e. The normalized spacial score (nSPS) is 22.5. The number of rotatable bonds is 4. The zero-order valence-electron chi connectivity index (χ0n) is 11.0. The molecule has 19 heavy (non-hydrogen) atoms. The SMILES string of the molecule is C[C@H]1CN(C(=O)OCc2ccccc2)C[C@@H]1OCS. The Morgan fingerprint density at radius 3 is 2.79 bits per heavy atom. The van der Waals surface area contributed by atoms with E-state index >= 15 is 0 Å². The van der Waals surface area contributed by atoms with Gasteiger partial charge in [0.1, 0.15) is 6.61 Å². The summed E-state index contributed by atoms with van der Waals surface area (Å²) < 4.78 is 10.8. The maximum absolute atomic E-state index is 11.9. The molecule has 1 aromatic carbocycles. The minimum absolute atomic E-state index is 0.0572. The minimum Gasteiger partial charge on any atom is -0.445 e. The van der Waals surface area contributed by atoms with Crippen molar-refractivity contribution in [3.8, 4) is 0 Å². The standard InChI is InChI=1S/C14H19NO3S/c1-11-7-15(8-13(11)18-10-19)14(16)17-9-12-5-3-2-4-6-12/h2-6,11,13,19H,7-10H2,1H3/t11-,13-/m0/s1. The van der Waals surface area contributed by atoms with E-state index in [-0.39, 0.29) is 12.2 Å². The Kier molecular flexibility index (Phi) is 5.10. The zero-order valence-corrected chi connectivity index (χ0v) is 11.9. The van der Waals surface area contributed by atoms with Crippen molar-refractivity contribution in [3.05, 3.63) is 35.9 Å². The van der Waals surface area contributed by atoms with E-state index in [4.69, 9.17) is 9.47 Å². The van der Waals surface area contributed by atoms with Crippen molar-refractivity contribution in [1.29, 1.82) is 0 Å². The molecule has 2 rings (SSSR count). The molecule has 4 nitrogen and oxygen atoms in total. The third kappa shape index (κ3) is 3.88. The second kappa shape index (κ2) is 6.82. The summed E-state index contributed by atoms with van der Waals surface area (Å²) in [6.07, 6.45) is -0.220. The summed E-state index contributed by atoms with van der Waals surface area (Å²) in [5.74, 6) is 0.693. The first kappa shape index (κ1) is 14.2. The van der Waals surface area contributed by atoms with Crippen LogP contribution in [0.25, 0.3) is 0 Å². The third-order valence-corrected chi connectivity index (χ3v) is 3.44. The fourth-order valence-corrected chi connectivity index (χ4v) is 2.40. The molecule has 0 saturated carbocycles. The summed E-state index contributed by atoms with van der Waals surface area (Å²) in [5.41, 5.74) is 0.992. The molecule has 2 atom stereocenters. The average molecular weight is 281 g/mol. The first-order valence-electron chi connectivity index (χ1n) is 6.39. The van der Waals surface area contributed by atoms with Crippen LogP contribution in [-0.2, 0) is 16.1 Å². The first-order valence-corrected chi connectivity index (χ1v) is 7.02. The Labute approximate surface area is 119 Å². The predicted octanol–water partition coefficient (Wildman–Crippen LogP) is 2.55. The Balaban J connectivity index is 1.81. The lowest BCUT2D eigenvalue weighted by Crippen LogP contribution is -2.30. The van der Waals surface area contributed by atoms with E-state index in [0.29, 0.717) is 31.6 Å². The molecule has 1 saturated heterocycles. The van der Waals surface area contributed by atoms with Crippen LogP contribution in [0.1, 0.15) is 12.5 Å². The van der Waals surface area contributed by atoms with Gasteiger partial charge in [0.2, 0.25) is 0 Å². The molecular weight excluding hydrogens is 262 g/mol. The first-order chi connectivity index (χ1) is 9.20. The second-order valence-corrected chi connectivity index (χ2v) is 5.01. The number of carbonyl (C=O) groups excluding carboxylic acids is 1. The van der Waals surface area contributed by atoms with Crippen molar-refractivity contribution >= 4 is 18.7 Å². The highest BCUT2D eigenvalue weighted by atomic mass is 32.1. The summed E-state index contributed by atoms with van der Waals surface area (Å²) in [6.45, 7) is 3.63. The molecule has 5 heteroatoms. The van der Waals surface area contributed by atoms with Gasteiger partial charge in [-0.15, -0.1) is 0 Å². The Morgan fingerprint density at radius 2 is 2.11 bits per heavy atom. The topological polar surface area (TPSA) is 38.8 Å². The Hall–Kier alpha value is -1.20. The fourth-order valence-electron chi connectivity index (χ4n) is 2.21. The summed E-state index contributed by atoms with van der Waals surface area (Å²) in [5, 5.41) is 0. The van der Waals surface area contributed by atoms with Crippen LogP contribution in [0.5, 0.6) is 0 Å². The zero-order chi connectivity index (χ0) is 13.7. The number of hydrogen-bond donors (Lipinski definition) is 1. The highest BCUT2D eigenvalue weighted by molar-refractivity contribution is 7.80. The van der Waals surface area contributed by atoms with Crippen LogP contribution >= 0.6 is 12.6 Å². The van der Waals surface area contributed by atoms with Crippen LogP contribution in [0, 0.1) is 5.92 Å². The number of ether oxygens (including phenoxy) is 2. The molecule has 0 radical (unpaired) electrons. The summed E-state index contributed by atoms with van der Waals surface area (Å²) in [6, 6.07) is 9.67. The molecule has 1 heterocycles. The van der Waals surface area contributed by atoms with Gasteiger partial charge in [-0.25, -0.2) is 4.79 Å². The third-order valence-electron chi connectivity index (χ3n) is 3.30. The molecule has 0 N–H and O–H groups in total. The molecule has 0 spiro atoms. The number of hydrogen-bond acceptors (Lipinski definition) is 4. The minimum atomic E-state index is -0.277. The molecule has 1 aliphatic rings. The van der Waals surface area contributed by atoms with E-state index in [1.54, 1.807) is 4.90 Å². The maximum atomic E-state index is 11.9. The van der Waals surface area contributed by atoms with Crippen LogP contribution in [0.15, 0.2) is 30.3 Å². The number of benzene rings is 1. The van der Waals surface area contributed by atoms with E-state index in [0.717, 1.165) is 5.56 Å². The monoisotopic (exact) mass is 281 g/mol. The van der Waals surface area contributed by atoms with E-state index in [9.17, 15) is 4.79 Å². The number of amides is 1. The lowest BCUT2D eigenvalue weighted by Gasteiger charge is -2.16. The molecular formula is C14H19NO3S. The van der Waals surface area contributed by atoms with E-state index in [2.05, 4.69) is 19.6 Å². The summed E-state index contributed by atoms with van der Waals surface area (Å²) in [4.78, 5) is 13.6. The number of likely N-dealkylation sites (tertiary alicyclic amines) is 1. The average Bonchev–Trinajstić information content (AvgIpc) is 2.79. The van der Waals surface area contributed by atoms with Crippen molar-refractivity contribution in [3.63, 3.8) is 0 Å². The van der Waals surface area contributed by atoms with Crippen molar-refractivity contribution in [2.45, 2.75) is 19.6 Å². The van der Waals surface area contributed by atoms with Gasteiger partial charge in [0.25, 0.3) is 0 Å². The summed E-state index contributed by atoms with van der Waals surface area (Å²) >= 11 is 4.05. The van der Waals surface area contributed by atoms with E-state index < -0.39 is 0 Å². The molecule has 0 bridgehead atoms. The highest BCUT2D eigenvalue weighted by Gasteiger charge is 2.33. The van der Waals surface area contributed by atoms with Crippen LogP contribution < -0.4 is 0 Å². The second-order valence-electron chi connectivity index (χ2n) is 4.76. The molecule has 0 aliphatic carbocycles. The molecule has 1 aromatic rings. The lowest BCUT2D eigenvalue weighted by atomic mass is 10.1. The molecule has 1 fully saturated rings. The number of carbonyl (C=O) groups is 1. The molecule has 104 valence electrons. The summed E-state index contributed by atoms with van der Waals surface area (Å²) in [7, 11) is 0. The van der Waals surface area contributed by atoms with Gasteiger partial charge in [-0.1, -0.05) is 37.3 Å². The van der Waals surface area contributed by atoms with Crippen molar-refractivity contribution in [1.82, 2.24) is 4.90 Å². The van der Waals surface area contributed by atoms with Crippen molar-refractivity contribution in [2.24, 2.45) is 5.92 Å². The van der Waals surface area contributed by atoms with E-state index in [1.165, 1.54) is 0 Å². The van der Waals surface area contributed by atoms with Crippen LogP contribution in [0.3, 0.4) is 0 Å².